The van der Waals surface area contributed by atoms with Crippen LogP contribution in [0.5, 0.6) is 11.5 Å². The van der Waals surface area contributed by atoms with Gasteiger partial charge in [0.15, 0.2) is 5.60 Å². The molecule has 5 N–H and O–H groups in total. The monoisotopic (exact) mass is 519 g/mol. The van der Waals surface area contributed by atoms with Gasteiger partial charge in [0.05, 0.1) is 12.8 Å². The molecule has 0 aromatic heterocycles. The van der Waals surface area contributed by atoms with Crippen LogP contribution in [-0.4, -0.2) is 80.2 Å². The molecule has 10 heteroatoms. The lowest BCUT2D eigenvalue weighted by Crippen LogP contribution is -2.42. The standard InChI is InChI=1S/C21H29NO2.C6H8O7/c1-4-22(5-2)14-15-24-21-12-6-18(7-13-21)16-17(3)19-8-10-20(23)11-9-19;7-3(8)1-6(13,5(11)12)2-4(9)10/h6-13,17,23H,4-5,14-16H2,1-3H3;13H,1-2H2,(H,7,8)(H,9,10)(H,11,12). The van der Waals surface area contributed by atoms with Crippen LogP contribution in [0, 0.1) is 0 Å². The number of carbonyl (C=O) groups is 3. The summed E-state index contributed by atoms with van der Waals surface area (Å²) in [6.07, 6.45) is -1.31. The van der Waals surface area contributed by atoms with E-state index < -0.39 is 36.4 Å². The number of carboxylic acid groups (broad SMARTS) is 3. The van der Waals surface area contributed by atoms with Crippen LogP contribution in [0.15, 0.2) is 48.5 Å². The number of ether oxygens (including phenoxy) is 1. The second-order valence-electron chi connectivity index (χ2n) is 8.69. The summed E-state index contributed by atoms with van der Waals surface area (Å²) in [5, 5.41) is 43.2. The van der Waals surface area contributed by atoms with Gasteiger partial charge in [-0.2, -0.15) is 0 Å². The SMILES string of the molecule is CCN(CC)CCOc1ccc(CC(C)c2ccc(O)cc2)cc1.O=C(O)CC(O)(CC(=O)O)C(=O)O. The van der Waals surface area contributed by atoms with Gasteiger partial charge in [0.1, 0.15) is 18.1 Å². The Bertz CT molecular complexity index is 970. The van der Waals surface area contributed by atoms with Gasteiger partial charge in [0, 0.05) is 6.54 Å². The number of likely N-dealkylation sites (N-methyl/N-ethyl adjacent to an activating group) is 1. The Morgan fingerprint density at radius 3 is 1.84 bits per heavy atom. The van der Waals surface area contributed by atoms with Gasteiger partial charge in [-0.05, 0) is 60.8 Å². The zero-order chi connectivity index (χ0) is 28.0. The second-order valence-corrected chi connectivity index (χ2v) is 8.69. The van der Waals surface area contributed by atoms with Crippen molar-refractivity contribution in [1.29, 1.82) is 0 Å². The molecule has 2 aromatic rings. The van der Waals surface area contributed by atoms with Crippen molar-refractivity contribution in [1.82, 2.24) is 4.90 Å². The lowest BCUT2D eigenvalue weighted by atomic mass is 9.94. The number of hydrogen-bond donors (Lipinski definition) is 5. The van der Waals surface area contributed by atoms with Crippen LogP contribution in [0.1, 0.15) is 50.7 Å². The normalized spacial score (nSPS) is 11.8. The molecule has 0 heterocycles. The number of phenols is 1. The first kappa shape index (κ1) is 31.4. The first-order chi connectivity index (χ1) is 17.4. The van der Waals surface area contributed by atoms with E-state index >= 15 is 0 Å². The molecule has 2 aromatic carbocycles. The maximum Gasteiger partial charge on any atom is 0.336 e. The van der Waals surface area contributed by atoms with Crippen LogP contribution >= 0.6 is 0 Å². The fourth-order valence-electron chi connectivity index (χ4n) is 3.54. The highest BCUT2D eigenvalue weighted by Gasteiger charge is 2.40. The highest BCUT2D eigenvalue weighted by Crippen LogP contribution is 2.23. The third-order valence-electron chi connectivity index (χ3n) is 5.78. The molecule has 0 aliphatic carbocycles. The van der Waals surface area contributed by atoms with E-state index in [1.165, 1.54) is 11.1 Å². The molecule has 0 bridgehead atoms. The summed E-state index contributed by atoms with van der Waals surface area (Å²) in [4.78, 5) is 32.8. The third-order valence-corrected chi connectivity index (χ3v) is 5.78. The molecule has 0 saturated heterocycles. The first-order valence-electron chi connectivity index (χ1n) is 12.0. The Labute approximate surface area is 216 Å². The van der Waals surface area contributed by atoms with Crippen molar-refractivity contribution < 1.29 is 44.7 Å². The lowest BCUT2D eigenvalue weighted by Gasteiger charge is -2.18. The van der Waals surface area contributed by atoms with Gasteiger partial charge in [-0.25, -0.2) is 4.79 Å². The molecule has 0 amide bonds. The highest BCUT2D eigenvalue weighted by molar-refractivity contribution is 5.88. The second kappa shape index (κ2) is 15.5. The average Bonchev–Trinajstić information content (AvgIpc) is 2.82. The van der Waals surface area contributed by atoms with E-state index in [9.17, 15) is 19.5 Å². The maximum atomic E-state index is 10.3. The summed E-state index contributed by atoms with van der Waals surface area (Å²) in [6, 6.07) is 15.9. The molecule has 10 nitrogen and oxygen atoms in total. The van der Waals surface area contributed by atoms with E-state index in [1.54, 1.807) is 12.1 Å². The fourth-order valence-corrected chi connectivity index (χ4v) is 3.54. The van der Waals surface area contributed by atoms with Gasteiger partial charge >= 0.3 is 17.9 Å². The Hall–Kier alpha value is -3.63. The minimum absolute atomic E-state index is 0.317. The summed E-state index contributed by atoms with van der Waals surface area (Å²) in [5.74, 6) is -3.35. The molecular weight excluding hydrogens is 482 g/mol. The van der Waals surface area contributed by atoms with E-state index in [2.05, 4.69) is 49.9 Å². The summed E-state index contributed by atoms with van der Waals surface area (Å²) in [5.41, 5.74) is -0.198. The first-order valence-corrected chi connectivity index (χ1v) is 12.0. The van der Waals surface area contributed by atoms with Crippen molar-refractivity contribution in [3.63, 3.8) is 0 Å². The van der Waals surface area contributed by atoms with Crippen molar-refractivity contribution in [2.24, 2.45) is 0 Å². The molecule has 37 heavy (non-hydrogen) atoms. The zero-order valence-corrected chi connectivity index (χ0v) is 21.5. The molecule has 1 unspecified atom stereocenters. The predicted octanol–water partition coefficient (Wildman–Crippen LogP) is 3.21. The van der Waals surface area contributed by atoms with E-state index in [0.29, 0.717) is 11.7 Å². The van der Waals surface area contributed by atoms with Crippen molar-refractivity contribution in [2.75, 3.05) is 26.2 Å². The molecule has 0 fully saturated rings. The maximum absolute atomic E-state index is 10.3. The number of hydrogen-bond acceptors (Lipinski definition) is 7. The number of aliphatic hydroxyl groups is 1. The minimum Gasteiger partial charge on any atom is -0.508 e. The van der Waals surface area contributed by atoms with Crippen LogP contribution in [0.2, 0.25) is 0 Å². The number of benzene rings is 2. The van der Waals surface area contributed by atoms with Crippen molar-refractivity contribution in [3.8, 4) is 11.5 Å². The van der Waals surface area contributed by atoms with Gasteiger partial charge in [0.25, 0.3) is 0 Å². The van der Waals surface area contributed by atoms with Crippen molar-refractivity contribution >= 4 is 17.9 Å². The third kappa shape index (κ3) is 11.8. The van der Waals surface area contributed by atoms with Gasteiger partial charge in [-0.1, -0.05) is 45.0 Å². The number of nitrogens with zero attached hydrogens (tertiary/aromatic N) is 1. The average molecular weight is 520 g/mol. The van der Waals surface area contributed by atoms with Gasteiger partial charge in [0.2, 0.25) is 0 Å². The topological polar surface area (TPSA) is 165 Å². The number of aliphatic carboxylic acids is 3. The molecule has 0 radical (unpaired) electrons. The van der Waals surface area contributed by atoms with E-state index in [-0.39, 0.29) is 0 Å². The molecule has 2 rings (SSSR count). The van der Waals surface area contributed by atoms with Crippen molar-refractivity contribution in [2.45, 2.75) is 51.6 Å². The smallest absolute Gasteiger partial charge is 0.336 e. The molecule has 0 aliphatic heterocycles. The van der Waals surface area contributed by atoms with Crippen LogP contribution in [0.3, 0.4) is 0 Å². The summed E-state index contributed by atoms with van der Waals surface area (Å²) in [6.45, 7) is 10.4. The summed E-state index contributed by atoms with van der Waals surface area (Å²) in [7, 11) is 0. The number of aromatic hydroxyl groups is 1. The molecule has 204 valence electrons. The predicted molar refractivity (Wildman–Crippen MR) is 137 cm³/mol. The Morgan fingerprint density at radius 2 is 1.41 bits per heavy atom. The molecular formula is C27H37NO9. The Balaban J connectivity index is 0.000000448. The quantitative estimate of drug-likeness (QED) is 0.250. The van der Waals surface area contributed by atoms with Gasteiger partial charge in [-0.15, -0.1) is 0 Å². The van der Waals surface area contributed by atoms with E-state index in [1.807, 2.05) is 12.1 Å². The molecule has 1 atom stereocenters. The minimum atomic E-state index is -2.74. The fraction of sp³-hybridized carbons (Fsp3) is 0.444. The Morgan fingerprint density at radius 1 is 0.892 bits per heavy atom. The highest BCUT2D eigenvalue weighted by atomic mass is 16.5. The number of rotatable bonds is 14. The lowest BCUT2D eigenvalue weighted by molar-refractivity contribution is -0.170. The molecule has 0 saturated carbocycles. The summed E-state index contributed by atoms with van der Waals surface area (Å²) >= 11 is 0. The van der Waals surface area contributed by atoms with E-state index in [4.69, 9.17) is 25.2 Å². The zero-order valence-electron chi connectivity index (χ0n) is 21.5. The van der Waals surface area contributed by atoms with Crippen molar-refractivity contribution in [3.05, 3.63) is 59.7 Å². The van der Waals surface area contributed by atoms with Crippen LogP contribution in [-0.2, 0) is 20.8 Å². The van der Waals surface area contributed by atoms with Crippen LogP contribution < -0.4 is 4.74 Å². The largest absolute Gasteiger partial charge is 0.508 e. The van der Waals surface area contributed by atoms with Gasteiger partial charge in [-0.3, -0.25) is 9.59 Å². The van der Waals surface area contributed by atoms with Crippen LogP contribution in [0.25, 0.3) is 0 Å². The number of phenolic OH excluding ortho intramolecular Hbond substituents is 1. The molecule has 0 spiro atoms. The number of carboxylic acids is 3. The van der Waals surface area contributed by atoms with Gasteiger partial charge < -0.3 is 35.2 Å². The molecule has 0 aliphatic rings. The van der Waals surface area contributed by atoms with Crippen LogP contribution in [0.4, 0.5) is 0 Å². The Kier molecular flexibility index (Phi) is 13.1. The summed E-state index contributed by atoms with van der Waals surface area (Å²) < 4.78 is 5.83. The van der Waals surface area contributed by atoms with E-state index in [0.717, 1.165) is 38.4 Å².